The second kappa shape index (κ2) is 3.95. The van der Waals surface area contributed by atoms with Crippen LogP contribution in [0.15, 0.2) is 11.1 Å². The molecule has 0 aromatic rings. The molecule has 1 fully saturated rings. The Labute approximate surface area is 96.4 Å². The fraction of sp³-hybridized carbons (Fsp3) is 0.700. The molecule has 0 radical (unpaired) electrons. The number of hydrogen-bond donors (Lipinski definition) is 0. The van der Waals surface area contributed by atoms with Crippen molar-refractivity contribution in [1.82, 2.24) is 0 Å². The summed E-state index contributed by atoms with van der Waals surface area (Å²) in [6.07, 6.45) is -3.66. The number of esters is 1. The van der Waals surface area contributed by atoms with Crippen molar-refractivity contribution in [3.63, 3.8) is 0 Å². The number of methoxy groups -OCH3 is 1. The molecule has 0 heterocycles. The van der Waals surface area contributed by atoms with Gasteiger partial charge in [-0.15, -0.1) is 0 Å². The summed E-state index contributed by atoms with van der Waals surface area (Å²) in [6, 6.07) is 0. The van der Waals surface area contributed by atoms with Crippen molar-refractivity contribution < 1.29 is 22.7 Å². The average molecular weight is 257 g/mol. The summed E-state index contributed by atoms with van der Waals surface area (Å²) in [4.78, 5) is 11.3. The lowest BCUT2D eigenvalue weighted by molar-refractivity contribution is -0.143. The highest BCUT2D eigenvalue weighted by Gasteiger charge is 2.62. The molecule has 1 saturated carbocycles. The Bertz CT molecular complexity index is 333. The topological polar surface area (TPSA) is 26.3 Å². The number of carbonyl (C=O) groups is 1. The smallest absolute Gasteiger partial charge is 0.426 e. The van der Waals surface area contributed by atoms with Crippen LogP contribution in [0.5, 0.6) is 0 Å². The Morgan fingerprint density at radius 3 is 2.31 bits per heavy atom. The van der Waals surface area contributed by atoms with Gasteiger partial charge in [0.1, 0.15) is 5.03 Å². The van der Waals surface area contributed by atoms with Gasteiger partial charge >= 0.3 is 12.1 Å². The molecule has 2 atom stereocenters. The van der Waals surface area contributed by atoms with Crippen LogP contribution in [0, 0.1) is 17.3 Å². The lowest BCUT2D eigenvalue weighted by atomic mass is 10.1. The van der Waals surface area contributed by atoms with Gasteiger partial charge in [-0.2, -0.15) is 13.2 Å². The summed E-state index contributed by atoms with van der Waals surface area (Å²) in [5, 5.41) is -1.18. The first-order valence-corrected chi connectivity index (χ1v) is 5.02. The predicted molar refractivity (Wildman–Crippen MR) is 52.8 cm³/mol. The molecule has 92 valence electrons. The Morgan fingerprint density at radius 2 is 1.94 bits per heavy atom. The minimum absolute atomic E-state index is 0.502. The summed E-state index contributed by atoms with van der Waals surface area (Å²) in [6.45, 7) is 3.41. The van der Waals surface area contributed by atoms with Crippen LogP contribution in [0.1, 0.15) is 13.8 Å². The zero-order chi connectivity index (χ0) is 12.7. The Hall–Kier alpha value is -0.710. The van der Waals surface area contributed by atoms with Crippen LogP contribution < -0.4 is 0 Å². The number of alkyl halides is 3. The fourth-order valence-electron chi connectivity index (χ4n) is 1.82. The first kappa shape index (κ1) is 13.4. The standard InChI is InChI=1S/C10H12ClF3O2/c1-9(2)5(7(9)8(15)16-3)4-6(11)10(12,13)14/h4-5,7H,1-3H3/b6-4-. The summed E-state index contributed by atoms with van der Waals surface area (Å²) >= 11 is 5.12. The molecule has 1 aliphatic rings. The zero-order valence-electron chi connectivity index (χ0n) is 9.06. The third-order valence-corrected chi connectivity index (χ3v) is 3.30. The first-order valence-electron chi connectivity index (χ1n) is 4.64. The molecule has 0 aliphatic heterocycles. The van der Waals surface area contributed by atoms with Crippen LogP contribution in [-0.4, -0.2) is 19.3 Å². The lowest BCUT2D eigenvalue weighted by Gasteiger charge is -2.04. The Balaban J connectivity index is 2.83. The molecule has 0 spiro atoms. The molecule has 0 aromatic heterocycles. The second-order valence-corrected chi connectivity index (χ2v) is 4.77. The molecule has 2 unspecified atom stereocenters. The van der Waals surface area contributed by atoms with Gasteiger partial charge in [-0.3, -0.25) is 4.79 Å². The number of halogens is 4. The van der Waals surface area contributed by atoms with Crippen LogP contribution in [-0.2, 0) is 9.53 Å². The quantitative estimate of drug-likeness (QED) is 0.710. The summed E-state index contributed by atoms with van der Waals surface area (Å²) in [5.41, 5.74) is -0.529. The predicted octanol–water partition coefficient (Wildman–Crippen LogP) is 3.12. The van der Waals surface area contributed by atoms with Crippen molar-refractivity contribution in [3.8, 4) is 0 Å². The molecule has 0 N–H and O–H groups in total. The van der Waals surface area contributed by atoms with Crippen LogP contribution in [0.2, 0.25) is 0 Å². The van der Waals surface area contributed by atoms with E-state index in [9.17, 15) is 18.0 Å². The van der Waals surface area contributed by atoms with E-state index in [0.717, 1.165) is 6.08 Å². The van der Waals surface area contributed by atoms with Crippen molar-refractivity contribution in [2.45, 2.75) is 20.0 Å². The van der Waals surface area contributed by atoms with Gasteiger partial charge in [0.15, 0.2) is 0 Å². The van der Waals surface area contributed by atoms with E-state index in [-0.39, 0.29) is 0 Å². The maximum absolute atomic E-state index is 12.2. The molecule has 0 bridgehead atoms. The van der Waals surface area contributed by atoms with E-state index < -0.39 is 34.4 Å². The molecule has 0 amide bonds. The van der Waals surface area contributed by atoms with E-state index in [0.29, 0.717) is 0 Å². The minimum atomic E-state index is -4.55. The molecule has 1 aliphatic carbocycles. The van der Waals surface area contributed by atoms with Gasteiger partial charge in [-0.05, 0) is 11.3 Å². The number of ether oxygens (including phenoxy) is 1. The van der Waals surface area contributed by atoms with E-state index in [2.05, 4.69) is 4.74 Å². The molecular formula is C10H12ClF3O2. The van der Waals surface area contributed by atoms with E-state index in [1.165, 1.54) is 7.11 Å². The highest BCUT2D eigenvalue weighted by atomic mass is 35.5. The minimum Gasteiger partial charge on any atom is -0.469 e. The highest BCUT2D eigenvalue weighted by Crippen LogP contribution is 2.60. The van der Waals surface area contributed by atoms with Gasteiger partial charge in [0.05, 0.1) is 13.0 Å². The molecule has 0 saturated heterocycles. The Morgan fingerprint density at radius 1 is 1.44 bits per heavy atom. The van der Waals surface area contributed by atoms with Gasteiger partial charge in [0.25, 0.3) is 0 Å². The van der Waals surface area contributed by atoms with Gasteiger partial charge in [-0.25, -0.2) is 0 Å². The van der Waals surface area contributed by atoms with Gasteiger partial charge < -0.3 is 4.74 Å². The van der Waals surface area contributed by atoms with E-state index >= 15 is 0 Å². The number of allylic oxidation sites excluding steroid dienone is 2. The van der Waals surface area contributed by atoms with Crippen molar-refractivity contribution in [3.05, 3.63) is 11.1 Å². The van der Waals surface area contributed by atoms with Gasteiger partial charge in [0.2, 0.25) is 0 Å². The molecule has 0 aromatic carbocycles. The SMILES string of the molecule is COC(=O)C1C(/C=C(\Cl)C(F)(F)F)C1(C)C. The molecule has 16 heavy (non-hydrogen) atoms. The monoisotopic (exact) mass is 256 g/mol. The van der Waals surface area contributed by atoms with Crippen LogP contribution in [0.4, 0.5) is 13.2 Å². The highest BCUT2D eigenvalue weighted by molar-refractivity contribution is 6.30. The average Bonchev–Trinajstić information content (AvgIpc) is 2.65. The Kier molecular flexibility index (Phi) is 3.29. The van der Waals surface area contributed by atoms with Crippen LogP contribution >= 0.6 is 11.6 Å². The molecular weight excluding hydrogens is 245 g/mol. The summed E-state index contributed by atoms with van der Waals surface area (Å²) < 4.78 is 41.1. The number of carbonyl (C=O) groups excluding carboxylic acids is 1. The van der Waals surface area contributed by atoms with Crippen molar-refractivity contribution in [1.29, 1.82) is 0 Å². The maximum Gasteiger partial charge on any atom is 0.426 e. The van der Waals surface area contributed by atoms with Crippen LogP contribution in [0.25, 0.3) is 0 Å². The normalized spacial score (nSPS) is 28.8. The number of rotatable bonds is 2. The van der Waals surface area contributed by atoms with Crippen molar-refractivity contribution in [2.24, 2.45) is 17.3 Å². The van der Waals surface area contributed by atoms with Gasteiger partial charge in [-0.1, -0.05) is 31.5 Å². The molecule has 6 heteroatoms. The molecule has 1 rings (SSSR count). The molecule has 2 nitrogen and oxygen atoms in total. The second-order valence-electron chi connectivity index (χ2n) is 4.36. The van der Waals surface area contributed by atoms with E-state index in [1.54, 1.807) is 13.8 Å². The van der Waals surface area contributed by atoms with E-state index in [1.807, 2.05) is 0 Å². The third-order valence-electron chi connectivity index (χ3n) is 2.96. The largest absolute Gasteiger partial charge is 0.469 e. The number of hydrogen-bond acceptors (Lipinski definition) is 2. The fourth-order valence-corrected chi connectivity index (χ4v) is 1.95. The van der Waals surface area contributed by atoms with E-state index in [4.69, 9.17) is 11.6 Å². The summed E-state index contributed by atoms with van der Waals surface area (Å²) in [5.74, 6) is -1.57. The maximum atomic E-state index is 12.2. The van der Waals surface area contributed by atoms with Crippen LogP contribution in [0.3, 0.4) is 0 Å². The van der Waals surface area contributed by atoms with Gasteiger partial charge in [0, 0.05) is 0 Å². The van der Waals surface area contributed by atoms with Crippen molar-refractivity contribution in [2.75, 3.05) is 7.11 Å². The zero-order valence-corrected chi connectivity index (χ0v) is 9.82. The summed E-state index contributed by atoms with van der Waals surface area (Å²) in [7, 11) is 1.21. The van der Waals surface area contributed by atoms with Crippen molar-refractivity contribution >= 4 is 17.6 Å². The third kappa shape index (κ3) is 2.34. The first-order chi connectivity index (χ1) is 7.12. The lowest BCUT2D eigenvalue weighted by Crippen LogP contribution is -2.08.